The van der Waals surface area contributed by atoms with Gasteiger partial charge in [0.15, 0.2) is 5.96 Å². The minimum atomic E-state index is 0.0929. The Kier molecular flexibility index (Phi) is 6.92. The summed E-state index contributed by atoms with van der Waals surface area (Å²) >= 11 is 1.78. The van der Waals surface area contributed by atoms with Crippen LogP contribution in [-0.2, 0) is 22.6 Å². The van der Waals surface area contributed by atoms with Crippen LogP contribution in [0.1, 0.15) is 49.0 Å². The number of nitrogens with zero attached hydrogens (tertiary/aromatic N) is 3. The zero-order valence-electron chi connectivity index (χ0n) is 17.9. The Morgan fingerprint density at radius 2 is 2.00 bits per heavy atom. The summed E-state index contributed by atoms with van der Waals surface area (Å²) in [6, 6.07) is 2.30. The quantitative estimate of drug-likeness (QED) is 0.565. The number of nitrogens with one attached hydrogen (secondary N) is 2. The average molecular weight is 432 g/mol. The van der Waals surface area contributed by atoms with E-state index in [2.05, 4.69) is 27.1 Å². The van der Waals surface area contributed by atoms with Crippen molar-refractivity contribution in [1.82, 2.24) is 20.4 Å². The van der Waals surface area contributed by atoms with Crippen molar-refractivity contribution in [2.75, 3.05) is 33.2 Å². The van der Waals surface area contributed by atoms with Crippen LogP contribution < -0.4 is 10.6 Å². The van der Waals surface area contributed by atoms with Crippen molar-refractivity contribution < 1.29 is 9.59 Å². The Labute approximate surface area is 182 Å². The van der Waals surface area contributed by atoms with Gasteiger partial charge in [-0.3, -0.25) is 14.6 Å². The fourth-order valence-corrected chi connectivity index (χ4v) is 5.70. The van der Waals surface area contributed by atoms with Gasteiger partial charge >= 0.3 is 0 Å². The average Bonchev–Trinajstić information content (AvgIpc) is 3.45. The van der Waals surface area contributed by atoms with E-state index in [0.717, 1.165) is 45.3 Å². The molecule has 2 aliphatic heterocycles. The molecule has 7 nitrogen and oxygen atoms in total. The van der Waals surface area contributed by atoms with Crippen molar-refractivity contribution in [1.29, 1.82) is 0 Å². The van der Waals surface area contributed by atoms with E-state index in [1.165, 1.54) is 29.7 Å². The first-order valence-corrected chi connectivity index (χ1v) is 12.1. The van der Waals surface area contributed by atoms with Crippen LogP contribution in [0.15, 0.2) is 16.4 Å². The largest absolute Gasteiger partial charge is 0.352 e. The van der Waals surface area contributed by atoms with Gasteiger partial charge in [-0.1, -0.05) is 19.3 Å². The highest BCUT2D eigenvalue weighted by Crippen LogP contribution is 2.27. The molecule has 1 unspecified atom stereocenters. The number of carbonyl (C=O) groups excluding carboxylic acids is 2. The third-order valence-corrected chi connectivity index (χ3v) is 7.61. The molecule has 0 aromatic carbocycles. The molecular formula is C22H33N5O2S. The maximum Gasteiger partial charge on any atom is 0.242 e. The Balaban J connectivity index is 1.21. The minimum Gasteiger partial charge on any atom is -0.352 e. The lowest BCUT2D eigenvalue weighted by Crippen LogP contribution is -2.49. The monoisotopic (exact) mass is 431 g/mol. The number of guanidine groups is 1. The molecule has 1 aromatic heterocycles. The predicted molar refractivity (Wildman–Crippen MR) is 119 cm³/mol. The summed E-state index contributed by atoms with van der Waals surface area (Å²) in [6.45, 7) is 3.24. The Morgan fingerprint density at radius 1 is 1.17 bits per heavy atom. The summed E-state index contributed by atoms with van der Waals surface area (Å²) < 4.78 is 0. The molecule has 2 amide bonds. The minimum absolute atomic E-state index is 0.0929. The van der Waals surface area contributed by atoms with Crippen molar-refractivity contribution in [2.45, 2.75) is 57.5 Å². The summed E-state index contributed by atoms with van der Waals surface area (Å²) in [7, 11) is 1.72. The predicted octanol–water partition coefficient (Wildman–Crippen LogP) is 1.98. The van der Waals surface area contributed by atoms with Gasteiger partial charge in [-0.25, -0.2) is 0 Å². The summed E-state index contributed by atoms with van der Waals surface area (Å²) in [6.07, 6.45) is 7.58. The molecule has 0 spiro atoms. The Hall–Kier alpha value is -2.09. The lowest BCUT2D eigenvalue weighted by molar-refractivity contribution is -0.135. The Morgan fingerprint density at radius 3 is 2.80 bits per heavy atom. The zero-order chi connectivity index (χ0) is 20.9. The highest BCUT2D eigenvalue weighted by molar-refractivity contribution is 7.10. The van der Waals surface area contributed by atoms with Crippen LogP contribution >= 0.6 is 11.3 Å². The van der Waals surface area contributed by atoms with Gasteiger partial charge < -0.3 is 20.4 Å². The molecule has 3 aliphatic rings. The third-order valence-electron chi connectivity index (χ3n) is 6.59. The van der Waals surface area contributed by atoms with Gasteiger partial charge in [0, 0.05) is 50.1 Å². The summed E-state index contributed by atoms with van der Waals surface area (Å²) in [4.78, 5) is 35.0. The fraction of sp³-hybridized carbons (Fsp3) is 0.682. The van der Waals surface area contributed by atoms with E-state index in [1.807, 2.05) is 9.80 Å². The van der Waals surface area contributed by atoms with E-state index in [0.29, 0.717) is 18.4 Å². The zero-order valence-corrected chi connectivity index (χ0v) is 18.7. The number of thiophene rings is 1. The number of fused-ring (bicyclic) bond motifs is 1. The van der Waals surface area contributed by atoms with Gasteiger partial charge in [0.1, 0.15) is 0 Å². The standard InChI is InChI=1S/C22H33N5O2S/c1-23-22(24-13-20(28)26-11-8-19-17(14-26)9-12-30-19)25-18-7-10-27(15-18)21(29)16-5-3-2-4-6-16/h9,12,16,18H,2-8,10-11,13-15H2,1H3,(H2,23,24,25). The van der Waals surface area contributed by atoms with Gasteiger partial charge in [-0.15, -0.1) is 11.3 Å². The molecular weight excluding hydrogens is 398 g/mol. The summed E-state index contributed by atoms with van der Waals surface area (Å²) in [5.41, 5.74) is 1.27. The van der Waals surface area contributed by atoms with Crippen molar-refractivity contribution in [3.8, 4) is 0 Å². The van der Waals surface area contributed by atoms with Gasteiger partial charge in [0.25, 0.3) is 0 Å². The van der Waals surface area contributed by atoms with Crippen LogP contribution in [0.5, 0.6) is 0 Å². The van der Waals surface area contributed by atoms with Crippen LogP contribution in [0.25, 0.3) is 0 Å². The molecule has 1 atom stereocenters. The third kappa shape index (κ3) is 4.96. The van der Waals surface area contributed by atoms with Crippen molar-refractivity contribution >= 4 is 29.1 Å². The first-order valence-electron chi connectivity index (χ1n) is 11.2. The van der Waals surface area contributed by atoms with E-state index >= 15 is 0 Å². The number of amides is 2. The number of likely N-dealkylation sites (tertiary alicyclic amines) is 1. The second-order valence-corrected chi connectivity index (χ2v) is 9.61. The molecule has 3 heterocycles. The molecule has 164 valence electrons. The van der Waals surface area contributed by atoms with Crippen molar-refractivity contribution in [3.05, 3.63) is 21.9 Å². The number of hydrogen-bond acceptors (Lipinski definition) is 4. The van der Waals surface area contributed by atoms with E-state index in [1.54, 1.807) is 18.4 Å². The molecule has 4 rings (SSSR count). The summed E-state index contributed by atoms with van der Waals surface area (Å²) in [5, 5.41) is 8.67. The van der Waals surface area contributed by atoms with Crippen LogP contribution in [0.4, 0.5) is 0 Å². The van der Waals surface area contributed by atoms with Gasteiger partial charge in [-0.2, -0.15) is 0 Å². The van der Waals surface area contributed by atoms with E-state index in [9.17, 15) is 9.59 Å². The molecule has 1 aromatic rings. The molecule has 8 heteroatoms. The summed E-state index contributed by atoms with van der Waals surface area (Å²) in [5.74, 6) is 1.28. The normalized spacial score (nSPS) is 22.7. The first-order chi connectivity index (χ1) is 14.6. The van der Waals surface area contributed by atoms with Crippen LogP contribution in [0.2, 0.25) is 0 Å². The first kappa shape index (κ1) is 21.2. The molecule has 1 saturated carbocycles. The molecule has 1 aliphatic carbocycles. The fourth-order valence-electron chi connectivity index (χ4n) is 4.81. The molecule has 2 N–H and O–H groups in total. The van der Waals surface area contributed by atoms with Gasteiger partial charge in [0.05, 0.1) is 6.54 Å². The van der Waals surface area contributed by atoms with Gasteiger partial charge in [0.2, 0.25) is 11.8 Å². The molecule has 0 bridgehead atoms. The van der Waals surface area contributed by atoms with E-state index < -0.39 is 0 Å². The number of rotatable bonds is 4. The second kappa shape index (κ2) is 9.81. The van der Waals surface area contributed by atoms with Crippen LogP contribution in [-0.4, -0.2) is 66.8 Å². The molecule has 1 saturated heterocycles. The molecule has 0 radical (unpaired) electrons. The van der Waals surface area contributed by atoms with Gasteiger partial charge in [-0.05, 0) is 42.7 Å². The number of carbonyl (C=O) groups is 2. The highest BCUT2D eigenvalue weighted by atomic mass is 32.1. The van der Waals surface area contributed by atoms with Crippen molar-refractivity contribution in [2.24, 2.45) is 10.9 Å². The number of aliphatic imine (C=N–C) groups is 1. The second-order valence-electron chi connectivity index (χ2n) is 8.61. The van der Waals surface area contributed by atoms with Crippen LogP contribution in [0, 0.1) is 5.92 Å². The lowest BCUT2D eigenvalue weighted by Gasteiger charge is -2.28. The topological polar surface area (TPSA) is 77.0 Å². The van der Waals surface area contributed by atoms with E-state index in [4.69, 9.17) is 0 Å². The maximum absolute atomic E-state index is 12.8. The lowest BCUT2D eigenvalue weighted by atomic mass is 9.88. The van der Waals surface area contributed by atoms with E-state index in [-0.39, 0.29) is 24.4 Å². The number of hydrogen-bond donors (Lipinski definition) is 2. The Bertz CT molecular complexity index is 786. The molecule has 30 heavy (non-hydrogen) atoms. The van der Waals surface area contributed by atoms with Crippen molar-refractivity contribution in [3.63, 3.8) is 0 Å². The maximum atomic E-state index is 12.8. The smallest absolute Gasteiger partial charge is 0.242 e. The molecule has 2 fully saturated rings. The van der Waals surface area contributed by atoms with Crippen LogP contribution in [0.3, 0.4) is 0 Å². The SMILES string of the molecule is CN=C(NCC(=O)N1CCc2sccc2C1)NC1CCN(C(=O)C2CCCCC2)C1. The highest BCUT2D eigenvalue weighted by Gasteiger charge is 2.32.